The first kappa shape index (κ1) is 13.9. The molecule has 0 saturated heterocycles. The van der Waals surface area contributed by atoms with Gasteiger partial charge in [0.05, 0.1) is 18.2 Å². The number of methoxy groups -OCH3 is 1. The zero-order valence-electron chi connectivity index (χ0n) is 10.6. The molecule has 0 fully saturated rings. The summed E-state index contributed by atoms with van der Waals surface area (Å²) in [6.07, 6.45) is 0. The predicted molar refractivity (Wildman–Crippen MR) is 74.6 cm³/mol. The fourth-order valence-electron chi connectivity index (χ4n) is 1.78. The number of benzene rings is 2. The summed E-state index contributed by atoms with van der Waals surface area (Å²) >= 11 is 6.10. The lowest BCUT2D eigenvalue weighted by Crippen LogP contribution is -1.94. The van der Waals surface area contributed by atoms with Gasteiger partial charge in [0.2, 0.25) is 0 Å². The average molecular weight is 279 g/mol. The van der Waals surface area contributed by atoms with E-state index in [-0.39, 0.29) is 6.61 Å². The van der Waals surface area contributed by atoms with E-state index in [4.69, 9.17) is 21.1 Å². The average Bonchev–Trinajstić information content (AvgIpc) is 2.42. The van der Waals surface area contributed by atoms with Gasteiger partial charge in [-0.25, -0.2) is 0 Å². The monoisotopic (exact) mass is 278 g/mol. The highest BCUT2D eigenvalue weighted by atomic mass is 35.5. The third-order valence-electron chi connectivity index (χ3n) is 2.65. The van der Waals surface area contributed by atoms with Gasteiger partial charge in [-0.05, 0) is 23.8 Å². The second kappa shape index (κ2) is 6.57. The SMILES string of the molecule is COCc1cccc(Oc2c(Cl)cccc2CO)c1. The van der Waals surface area contributed by atoms with Crippen LogP contribution in [0.5, 0.6) is 11.5 Å². The molecule has 0 aromatic heterocycles. The second-order valence-electron chi connectivity index (χ2n) is 4.07. The number of aliphatic hydroxyl groups is 1. The minimum Gasteiger partial charge on any atom is -0.455 e. The lowest BCUT2D eigenvalue weighted by atomic mass is 10.2. The Hall–Kier alpha value is -1.55. The number of hydrogen-bond acceptors (Lipinski definition) is 3. The normalized spacial score (nSPS) is 10.5. The number of para-hydroxylation sites is 1. The molecule has 0 aliphatic heterocycles. The summed E-state index contributed by atoms with van der Waals surface area (Å²) in [5.74, 6) is 1.15. The molecule has 1 N–H and O–H groups in total. The molecule has 0 aliphatic rings. The minimum atomic E-state index is -0.117. The molecule has 3 nitrogen and oxygen atoms in total. The maximum Gasteiger partial charge on any atom is 0.151 e. The zero-order chi connectivity index (χ0) is 13.7. The zero-order valence-corrected chi connectivity index (χ0v) is 11.4. The topological polar surface area (TPSA) is 38.7 Å². The highest BCUT2D eigenvalue weighted by Crippen LogP contribution is 2.33. The van der Waals surface area contributed by atoms with Crippen LogP contribution in [0.3, 0.4) is 0 Å². The summed E-state index contributed by atoms with van der Waals surface area (Å²) in [7, 11) is 1.64. The molecule has 2 aromatic carbocycles. The highest BCUT2D eigenvalue weighted by Gasteiger charge is 2.09. The van der Waals surface area contributed by atoms with E-state index in [9.17, 15) is 5.11 Å². The summed E-state index contributed by atoms with van der Waals surface area (Å²) in [6, 6.07) is 12.9. The summed E-state index contributed by atoms with van der Waals surface area (Å²) in [5.41, 5.74) is 1.67. The highest BCUT2D eigenvalue weighted by molar-refractivity contribution is 6.32. The van der Waals surface area contributed by atoms with E-state index >= 15 is 0 Å². The van der Waals surface area contributed by atoms with Crippen LogP contribution in [0, 0.1) is 0 Å². The smallest absolute Gasteiger partial charge is 0.151 e. The fraction of sp³-hybridized carbons (Fsp3) is 0.200. The minimum absolute atomic E-state index is 0.117. The van der Waals surface area contributed by atoms with Gasteiger partial charge < -0.3 is 14.6 Å². The maximum atomic E-state index is 9.30. The Bertz CT molecular complexity index is 555. The summed E-state index contributed by atoms with van der Waals surface area (Å²) < 4.78 is 10.9. The van der Waals surface area contributed by atoms with Crippen molar-refractivity contribution in [3.05, 3.63) is 58.6 Å². The Balaban J connectivity index is 2.28. The van der Waals surface area contributed by atoms with Crippen LogP contribution in [0.25, 0.3) is 0 Å². The first-order valence-corrected chi connectivity index (χ1v) is 6.26. The standard InChI is InChI=1S/C15H15ClO3/c1-18-10-11-4-2-6-13(8-11)19-15-12(9-17)5-3-7-14(15)16/h2-8,17H,9-10H2,1H3. The van der Waals surface area contributed by atoms with E-state index in [1.165, 1.54) is 0 Å². The van der Waals surface area contributed by atoms with Crippen molar-refractivity contribution in [2.75, 3.05) is 7.11 Å². The van der Waals surface area contributed by atoms with Crippen molar-refractivity contribution in [2.45, 2.75) is 13.2 Å². The van der Waals surface area contributed by atoms with Crippen LogP contribution in [0.2, 0.25) is 5.02 Å². The van der Waals surface area contributed by atoms with Crippen molar-refractivity contribution in [3.63, 3.8) is 0 Å². The summed E-state index contributed by atoms with van der Waals surface area (Å²) in [5, 5.41) is 9.78. The quantitative estimate of drug-likeness (QED) is 0.905. The van der Waals surface area contributed by atoms with Crippen LogP contribution < -0.4 is 4.74 Å². The second-order valence-corrected chi connectivity index (χ2v) is 4.48. The Morgan fingerprint density at radius 2 is 1.95 bits per heavy atom. The number of aliphatic hydroxyl groups excluding tert-OH is 1. The van der Waals surface area contributed by atoms with Crippen molar-refractivity contribution in [2.24, 2.45) is 0 Å². The lowest BCUT2D eigenvalue weighted by molar-refractivity contribution is 0.184. The van der Waals surface area contributed by atoms with Crippen LogP contribution in [-0.4, -0.2) is 12.2 Å². The predicted octanol–water partition coefficient (Wildman–Crippen LogP) is 3.77. The Labute approximate surface area is 117 Å². The van der Waals surface area contributed by atoms with Gasteiger partial charge in [0.1, 0.15) is 5.75 Å². The van der Waals surface area contributed by atoms with Crippen molar-refractivity contribution >= 4 is 11.6 Å². The number of ether oxygens (including phenoxy) is 2. The molecule has 0 bridgehead atoms. The molecule has 0 amide bonds. The Morgan fingerprint density at radius 3 is 2.68 bits per heavy atom. The summed E-state index contributed by atoms with van der Waals surface area (Å²) in [6.45, 7) is 0.403. The molecular formula is C15H15ClO3. The summed E-state index contributed by atoms with van der Waals surface area (Å²) in [4.78, 5) is 0. The molecule has 2 rings (SSSR count). The van der Waals surface area contributed by atoms with Gasteiger partial charge in [0, 0.05) is 12.7 Å². The van der Waals surface area contributed by atoms with Crippen LogP contribution in [0.4, 0.5) is 0 Å². The molecule has 0 radical (unpaired) electrons. The van der Waals surface area contributed by atoms with Crippen molar-refractivity contribution < 1.29 is 14.6 Å². The van der Waals surface area contributed by atoms with Gasteiger partial charge in [0.25, 0.3) is 0 Å². The van der Waals surface area contributed by atoms with Crippen molar-refractivity contribution in [3.8, 4) is 11.5 Å². The molecule has 0 saturated carbocycles. The van der Waals surface area contributed by atoms with Gasteiger partial charge in [-0.2, -0.15) is 0 Å². The van der Waals surface area contributed by atoms with Crippen LogP contribution >= 0.6 is 11.6 Å². The van der Waals surface area contributed by atoms with E-state index in [0.717, 1.165) is 5.56 Å². The van der Waals surface area contributed by atoms with Gasteiger partial charge in [-0.1, -0.05) is 35.9 Å². The molecule has 19 heavy (non-hydrogen) atoms. The van der Waals surface area contributed by atoms with Crippen LogP contribution in [0.1, 0.15) is 11.1 Å². The first-order chi connectivity index (χ1) is 9.24. The van der Waals surface area contributed by atoms with Gasteiger partial charge in [-0.15, -0.1) is 0 Å². The molecule has 0 heterocycles. The molecule has 0 unspecified atom stereocenters. The molecule has 2 aromatic rings. The van der Waals surface area contributed by atoms with Crippen LogP contribution in [0.15, 0.2) is 42.5 Å². The third kappa shape index (κ3) is 3.47. The van der Waals surface area contributed by atoms with Crippen molar-refractivity contribution in [1.29, 1.82) is 0 Å². The Morgan fingerprint density at radius 1 is 1.16 bits per heavy atom. The fourth-order valence-corrected chi connectivity index (χ4v) is 2.01. The molecular weight excluding hydrogens is 264 g/mol. The van der Waals surface area contributed by atoms with Crippen LogP contribution in [-0.2, 0) is 18.0 Å². The molecule has 0 aliphatic carbocycles. The number of hydrogen-bond donors (Lipinski definition) is 1. The lowest BCUT2D eigenvalue weighted by Gasteiger charge is -2.12. The van der Waals surface area contributed by atoms with E-state index < -0.39 is 0 Å². The van der Waals surface area contributed by atoms with E-state index in [0.29, 0.717) is 28.7 Å². The first-order valence-electron chi connectivity index (χ1n) is 5.88. The molecule has 4 heteroatoms. The number of rotatable bonds is 5. The third-order valence-corrected chi connectivity index (χ3v) is 2.95. The van der Waals surface area contributed by atoms with E-state index in [1.54, 1.807) is 25.3 Å². The van der Waals surface area contributed by atoms with Gasteiger partial charge in [-0.3, -0.25) is 0 Å². The van der Waals surface area contributed by atoms with Gasteiger partial charge in [0.15, 0.2) is 5.75 Å². The molecule has 0 atom stereocenters. The van der Waals surface area contributed by atoms with E-state index in [2.05, 4.69) is 0 Å². The van der Waals surface area contributed by atoms with Gasteiger partial charge >= 0.3 is 0 Å². The van der Waals surface area contributed by atoms with Crippen molar-refractivity contribution in [1.82, 2.24) is 0 Å². The molecule has 100 valence electrons. The maximum absolute atomic E-state index is 9.30. The van der Waals surface area contributed by atoms with E-state index in [1.807, 2.05) is 24.3 Å². The number of halogens is 1. The Kier molecular flexibility index (Phi) is 4.80. The molecule has 0 spiro atoms. The largest absolute Gasteiger partial charge is 0.455 e.